The number of pyridine rings is 1. The molecule has 0 saturated carbocycles. The van der Waals surface area contributed by atoms with E-state index in [0.717, 1.165) is 24.5 Å². The number of hydrogen-bond donors (Lipinski definition) is 0. The van der Waals surface area contributed by atoms with E-state index in [2.05, 4.69) is 53.4 Å². The second kappa shape index (κ2) is 7.11. The van der Waals surface area contributed by atoms with Crippen LogP contribution in [0.25, 0.3) is 10.9 Å². The van der Waals surface area contributed by atoms with Crippen molar-refractivity contribution in [2.45, 2.75) is 25.0 Å². The molecule has 3 fully saturated rings. The fourth-order valence-electron chi connectivity index (χ4n) is 4.64. The van der Waals surface area contributed by atoms with Gasteiger partial charge in [0.1, 0.15) is 0 Å². The molecule has 4 heterocycles. The van der Waals surface area contributed by atoms with Crippen molar-refractivity contribution in [2.75, 3.05) is 19.7 Å². The van der Waals surface area contributed by atoms with Crippen LogP contribution in [0.3, 0.4) is 0 Å². The van der Waals surface area contributed by atoms with Crippen LogP contribution in [0.4, 0.5) is 0 Å². The van der Waals surface area contributed by atoms with Gasteiger partial charge in [0.2, 0.25) is 0 Å². The summed E-state index contributed by atoms with van der Waals surface area (Å²) >= 11 is 0. The molecule has 3 saturated heterocycles. The van der Waals surface area contributed by atoms with Crippen LogP contribution < -0.4 is 0 Å². The summed E-state index contributed by atoms with van der Waals surface area (Å²) in [5, 5.41) is 1.20. The molecule has 25 heavy (non-hydrogen) atoms. The molecule has 0 radical (unpaired) electrons. The molecule has 2 bridgehead atoms. The summed E-state index contributed by atoms with van der Waals surface area (Å²) in [4.78, 5) is 7.13. The molecule has 3 nitrogen and oxygen atoms in total. The van der Waals surface area contributed by atoms with Crippen molar-refractivity contribution in [1.82, 2.24) is 9.88 Å². The predicted molar refractivity (Wildman–Crippen MR) is 102 cm³/mol. The number of aromatic nitrogens is 1. The number of nitrogens with zero attached hydrogens (tertiary/aromatic N) is 2. The predicted octanol–water partition coefficient (Wildman–Crippen LogP) is 4.37. The van der Waals surface area contributed by atoms with Gasteiger partial charge in [-0.2, -0.15) is 0 Å². The van der Waals surface area contributed by atoms with Gasteiger partial charge in [-0.25, -0.2) is 0 Å². The van der Waals surface area contributed by atoms with Crippen molar-refractivity contribution in [1.29, 1.82) is 0 Å². The van der Waals surface area contributed by atoms with Crippen LogP contribution in [0.2, 0.25) is 0 Å². The van der Waals surface area contributed by atoms with Crippen LogP contribution in [-0.2, 0) is 4.74 Å². The van der Waals surface area contributed by atoms with Gasteiger partial charge in [-0.05, 0) is 48.9 Å². The van der Waals surface area contributed by atoms with E-state index < -0.39 is 0 Å². The number of piperidine rings is 3. The van der Waals surface area contributed by atoms with Crippen molar-refractivity contribution < 1.29 is 4.74 Å². The summed E-state index contributed by atoms with van der Waals surface area (Å²) in [6.45, 7) is 10.7. The summed E-state index contributed by atoms with van der Waals surface area (Å²) < 4.78 is 6.33. The van der Waals surface area contributed by atoms with Gasteiger partial charge < -0.3 is 4.74 Å². The summed E-state index contributed by atoms with van der Waals surface area (Å²) in [6, 6.07) is 10.9. The fraction of sp³-hybridized carbons (Fsp3) is 0.409. The Bertz CT molecular complexity index is 766. The second-order valence-electron chi connectivity index (χ2n) is 7.21. The summed E-state index contributed by atoms with van der Waals surface area (Å²) in [5.41, 5.74) is 2.28. The third-order valence-electron chi connectivity index (χ3n) is 5.89. The number of ether oxygens (including phenoxy) is 1. The highest BCUT2D eigenvalue weighted by Crippen LogP contribution is 2.43. The third kappa shape index (κ3) is 3.03. The first-order valence-electron chi connectivity index (χ1n) is 9.24. The van der Waals surface area contributed by atoms with E-state index in [1.807, 2.05) is 18.3 Å². The van der Waals surface area contributed by atoms with Crippen LogP contribution >= 0.6 is 0 Å². The fourth-order valence-corrected chi connectivity index (χ4v) is 4.64. The molecule has 0 spiro atoms. The molecule has 0 amide bonds. The van der Waals surface area contributed by atoms with Gasteiger partial charge in [-0.1, -0.05) is 30.4 Å². The van der Waals surface area contributed by atoms with Gasteiger partial charge in [-0.15, -0.1) is 13.2 Å². The Morgan fingerprint density at radius 1 is 1.28 bits per heavy atom. The molecule has 3 aliphatic heterocycles. The van der Waals surface area contributed by atoms with Gasteiger partial charge in [0.15, 0.2) is 0 Å². The topological polar surface area (TPSA) is 25.4 Å². The lowest BCUT2D eigenvalue weighted by atomic mass is 9.73. The van der Waals surface area contributed by atoms with Gasteiger partial charge in [0.25, 0.3) is 0 Å². The van der Waals surface area contributed by atoms with E-state index in [-0.39, 0.29) is 6.10 Å². The smallest absolute Gasteiger partial charge is 0.0991 e. The lowest BCUT2D eigenvalue weighted by Crippen LogP contribution is -2.55. The number of rotatable bonds is 6. The van der Waals surface area contributed by atoms with E-state index in [9.17, 15) is 0 Å². The standard InChI is InChI=1S/C22H26N2O/c1-3-13-25-22(19-9-11-23-20-8-6-5-7-18(19)20)21-14-17-10-12-24(21)15-16(17)4-2/h3-9,11,16-17,21-22H,1-2,10,12-15H2/t16?,17?,21?,22-/m1/s1. The Balaban J connectivity index is 1.71. The minimum atomic E-state index is 0.0551. The van der Waals surface area contributed by atoms with Crippen molar-refractivity contribution in [3.8, 4) is 0 Å². The van der Waals surface area contributed by atoms with Crippen LogP contribution in [0.15, 0.2) is 61.8 Å². The zero-order valence-electron chi connectivity index (χ0n) is 14.7. The first-order valence-corrected chi connectivity index (χ1v) is 9.24. The molecule has 0 N–H and O–H groups in total. The van der Waals surface area contributed by atoms with Crippen molar-refractivity contribution in [2.24, 2.45) is 11.8 Å². The lowest BCUT2D eigenvalue weighted by molar-refractivity contribution is -0.0683. The molecule has 3 aliphatic rings. The highest BCUT2D eigenvalue weighted by atomic mass is 16.5. The van der Waals surface area contributed by atoms with E-state index in [0.29, 0.717) is 18.6 Å². The van der Waals surface area contributed by atoms with Gasteiger partial charge in [-0.3, -0.25) is 9.88 Å². The maximum absolute atomic E-state index is 6.33. The molecule has 0 aliphatic carbocycles. The Hall–Kier alpha value is -1.97. The van der Waals surface area contributed by atoms with Gasteiger partial charge in [0, 0.05) is 24.2 Å². The number of hydrogen-bond acceptors (Lipinski definition) is 3. The van der Waals surface area contributed by atoms with E-state index in [4.69, 9.17) is 4.74 Å². The first kappa shape index (κ1) is 16.5. The molecule has 2 aromatic rings. The lowest BCUT2D eigenvalue weighted by Gasteiger charge is -2.51. The zero-order valence-corrected chi connectivity index (χ0v) is 14.7. The van der Waals surface area contributed by atoms with E-state index in [1.54, 1.807) is 0 Å². The highest BCUT2D eigenvalue weighted by molar-refractivity contribution is 5.82. The largest absolute Gasteiger partial charge is 0.368 e. The number of benzene rings is 1. The third-order valence-corrected chi connectivity index (χ3v) is 5.89. The Morgan fingerprint density at radius 2 is 2.16 bits per heavy atom. The summed E-state index contributed by atoms with van der Waals surface area (Å²) in [5.74, 6) is 1.36. The summed E-state index contributed by atoms with van der Waals surface area (Å²) in [7, 11) is 0. The van der Waals surface area contributed by atoms with Gasteiger partial charge >= 0.3 is 0 Å². The molecule has 4 unspecified atom stereocenters. The maximum Gasteiger partial charge on any atom is 0.0991 e. The molecule has 5 rings (SSSR count). The van der Waals surface area contributed by atoms with Crippen LogP contribution in [0, 0.1) is 11.8 Å². The monoisotopic (exact) mass is 334 g/mol. The molecule has 5 atom stereocenters. The quantitative estimate of drug-likeness (QED) is 0.733. The maximum atomic E-state index is 6.33. The zero-order chi connectivity index (χ0) is 17.2. The highest BCUT2D eigenvalue weighted by Gasteiger charge is 2.43. The average molecular weight is 334 g/mol. The molecular weight excluding hydrogens is 308 g/mol. The molecule has 1 aromatic heterocycles. The SMILES string of the molecule is C=CCO[C@H](c1ccnc2ccccc12)C1CC2CCN1CC2C=C. The first-order chi connectivity index (χ1) is 12.3. The van der Waals surface area contributed by atoms with Crippen LogP contribution in [0.5, 0.6) is 0 Å². The molecule has 3 heteroatoms. The minimum Gasteiger partial charge on any atom is -0.368 e. The molecule has 1 aromatic carbocycles. The number of para-hydroxylation sites is 1. The van der Waals surface area contributed by atoms with Crippen LogP contribution in [-0.4, -0.2) is 35.6 Å². The van der Waals surface area contributed by atoms with Crippen LogP contribution in [0.1, 0.15) is 24.5 Å². The van der Waals surface area contributed by atoms with Crippen molar-refractivity contribution >= 4 is 10.9 Å². The Labute approximate surface area is 150 Å². The molecular formula is C22H26N2O. The average Bonchev–Trinajstić information content (AvgIpc) is 2.69. The van der Waals surface area contributed by atoms with Crippen molar-refractivity contribution in [3.05, 3.63) is 67.4 Å². The normalized spacial score (nSPS) is 29.4. The summed E-state index contributed by atoms with van der Waals surface area (Å²) in [6.07, 6.45) is 8.41. The van der Waals surface area contributed by atoms with Crippen molar-refractivity contribution in [3.63, 3.8) is 0 Å². The van der Waals surface area contributed by atoms with E-state index >= 15 is 0 Å². The Morgan fingerprint density at radius 3 is 2.92 bits per heavy atom. The second-order valence-corrected chi connectivity index (χ2v) is 7.21. The minimum absolute atomic E-state index is 0.0551. The molecule has 130 valence electrons. The number of fused-ring (bicyclic) bond motifs is 4. The Kier molecular flexibility index (Phi) is 4.69. The van der Waals surface area contributed by atoms with E-state index in [1.165, 1.54) is 23.8 Å². The van der Waals surface area contributed by atoms with Gasteiger partial charge in [0.05, 0.1) is 18.2 Å².